The lowest BCUT2D eigenvalue weighted by Crippen LogP contribution is -2.37. The largest absolute Gasteiger partial charge is 0.494 e. The van der Waals surface area contributed by atoms with Gasteiger partial charge in [0.25, 0.3) is 5.91 Å². The number of carbonyl (C=O) groups is 3. The fraction of sp³-hybridized carbons (Fsp3) is 0.231. The highest BCUT2D eigenvalue weighted by atomic mass is 16.5. The molecule has 34 heavy (non-hydrogen) atoms. The number of imide groups is 1. The minimum atomic E-state index is -0.934. The maximum atomic E-state index is 13.4. The number of benzene rings is 2. The molecule has 0 bridgehead atoms. The number of nitrogens with zero attached hydrogens (tertiary/aromatic N) is 3. The Morgan fingerprint density at radius 2 is 1.88 bits per heavy atom. The molecule has 4 rings (SSSR count). The average molecular weight is 459 g/mol. The highest BCUT2D eigenvalue weighted by molar-refractivity contribution is 6.22. The Kier molecular flexibility index (Phi) is 6.87. The average Bonchev–Trinajstić information content (AvgIpc) is 3.05. The molecule has 2 heterocycles. The van der Waals surface area contributed by atoms with Gasteiger partial charge >= 0.3 is 6.03 Å². The molecule has 1 saturated heterocycles. The van der Waals surface area contributed by atoms with E-state index in [4.69, 9.17) is 4.74 Å². The van der Waals surface area contributed by atoms with Crippen molar-refractivity contribution in [3.63, 3.8) is 0 Å². The number of rotatable bonds is 8. The van der Waals surface area contributed by atoms with Gasteiger partial charge in [-0.15, -0.1) is 0 Å². The Morgan fingerprint density at radius 1 is 1.09 bits per heavy atom. The van der Waals surface area contributed by atoms with E-state index in [9.17, 15) is 14.4 Å². The summed E-state index contributed by atoms with van der Waals surface area (Å²) in [4.78, 5) is 46.3. The smallest absolute Gasteiger partial charge is 0.332 e. The summed E-state index contributed by atoms with van der Waals surface area (Å²) in [5, 5.41) is 2.81. The lowest BCUT2D eigenvalue weighted by molar-refractivity contribution is -0.124. The third kappa shape index (κ3) is 5.06. The van der Waals surface area contributed by atoms with Crippen molar-refractivity contribution in [2.45, 2.75) is 32.9 Å². The fourth-order valence-corrected chi connectivity index (χ4v) is 3.90. The zero-order chi connectivity index (χ0) is 24.1. The third-order valence-corrected chi connectivity index (χ3v) is 5.48. The topological polar surface area (TPSA) is 91.8 Å². The monoisotopic (exact) mass is 458 g/mol. The number of aryl methyl sites for hydroxylation is 1. The predicted octanol–water partition coefficient (Wildman–Crippen LogP) is 4.15. The quantitative estimate of drug-likeness (QED) is 0.512. The molecule has 0 saturated carbocycles. The number of hydrogen-bond acceptors (Lipinski definition) is 5. The van der Waals surface area contributed by atoms with Crippen molar-refractivity contribution in [1.82, 2.24) is 9.88 Å². The van der Waals surface area contributed by atoms with E-state index in [0.717, 1.165) is 16.0 Å². The van der Waals surface area contributed by atoms with E-state index in [1.807, 2.05) is 26.0 Å². The standard InChI is InChI=1S/C26H26N4O4/c1-3-34-22-11-9-20(10-12-22)28-24(31)15-23-25(32)30(21-8-4-6-18(2)14-21)26(33)29(23)17-19-7-5-13-27-16-19/h4-14,16,23H,3,15,17H2,1-2H3,(H,28,31)/t23-/m0/s1. The van der Waals surface area contributed by atoms with Crippen LogP contribution in [-0.2, 0) is 16.1 Å². The molecule has 0 unspecified atom stereocenters. The number of urea groups is 1. The van der Waals surface area contributed by atoms with Gasteiger partial charge in [-0.05, 0) is 67.4 Å². The molecule has 3 aromatic rings. The van der Waals surface area contributed by atoms with Gasteiger partial charge in [0.15, 0.2) is 0 Å². The van der Waals surface area contributed by atoms with Gasteiger partial charge in [0, 0.05) is 24.6 Å². The second kappa shape index (κ2) is 10.2. The lowest BCUT2D eigenvalue weighted by Gasteiger charge is -2.21. The SMILES string of the molecule is CCOc1ccc(NC(=O)C[C@H]2C(=O)N(c3cccc(C)c3)C(=O)N2Cc2cccnc2)cc1. The zero-order valence-electron chi connectivity index (χ0n) is 19.1. The van der Waals surface area contributed by atoms with Crippen molar-refractivity contribution in [2.24, 2.45) is 0 Å². The second-order valence-electron chi connectivity index (χ2n) is 8.01. The van der Waals surface area contributed by atoms with E-state index in [-0.39, 0.29) is 18.9 Å². The number of ether oxygens (including phenoxy) is 1. The maximum absolute atomic E-state index is 13.4. The first kappa shape index (κ1) is 23.0. The molecule has 8 nitrogen and oxygen atoms in total. The van der Waals surface area contributed by atoms with Crippen LogP contribution < -0.4 is 15.0 Å². The van der Waals surface area contributed by atoms with Gasteiger partial charge in [0.05, 0.1) is 18.7 Å². The van der Waals surface area contributed by atoms with E-state index in [1.165, 1.54) is 4.90 Å². The molecule has 1 N–H and O–H groups in total. The molecule has 2 aromatic carbocycles. The normalized spacial score (nSPS) is 15.5. The molecule has 0 aliphatic carbocycles. The van der Waals surface area contributed by atoms with Gasteiger partial charge in [-0.25, -0.2) is 9.69 Å². The fourth-order valence-electron chi connectivity index (χ4n) is 3.90. The van der Waals surface area contributed by atoms with Crippen LogP contribution in [0.5, 0.6) is 5.75 Å². The Morgan fingerprint density at radius 3 is 2.56 bits per heavy atom. The Labute approximate surface area is 198 Å². The van der Waals surface area contributed by atoms with Crippen molar-refractivity contribution in [3.8, 4) is 5.75 Å². The summed E-state index contributed by atoms with van der Waals surface area (Å²) in [5.74, 6) is -0.0903. The molecule has 8 heteroatoms. The van der Waals surface area contributed by atoms with E-state index >= 15 is 0 Å². The van der Waals surface area contributed by atoms with Crippen LogP contribution >= 0.6 is 0 Å². The van der Waals surface area contributed by atoms with E-state index in [2.05, 4.69) is 10.3 Å². The molecule has 4 amide bonds. The first-order valence-electron chi connectivity index (χ1n) is 11.1. The van der Waals surface area contributed by atoms with Gasteiger partial charge in [-0.3, -0.25) is 14.6 Å². The van der Waals surface area contributed by atoms with Crippen LogP contribution in [0.4, 0.5) is 16.2 Å². The van der Waals surface area contributed by atoms with Gasteiger partial charge < -0.3 is 15.0 Å². The molecule has 1 atom stereocenters. The highest BCUT2D eigenvalue weighted by Gasteiger charge is 2.46. The predicted molar refractivity (Wildman–Crippen MR) is 128 cm³/mol. The van der Waals surface area contributed by atoms with Gasteiger partial charge in [-0.2, -0.15) is 0 Å². The number of pyridine rings is 1. The summed E-state index contributed by atoms with van der Waals surface area (Å²) in [6, 6.07) is 16.4. The minimum absolute atomic E-state index is 0.166. The Balaban J connectivity index is 1.56. The van der Waals surface area contributed by atoms with Crippen molar-refractivity contribution < 1.29 is 19.1 Å². The van der Waals surface area contributed by atoms with Crippen LogP contribution in [-0.4, -0.2) is 40.4 Å². The molecule has 1 aliphatic heterocycles. The summed E-state index contributed by atoms with van der Waals surface area (Å²) < 4.78 is 5.42. The molecule has 0 radical (unpaired) electrons. The van der Waals surface area contributed by atoms with E-state index in [0.29, 0.717) is 23.7 Å². The van der Waals surface area contributed by atoms with Crippen LogP contribution in [0.3, 0.4) is 0 Å². The number of amides is 4. The van der Waals surface area contributed by atoms with Crippen LogP contribution in [0.1, 0.15) is 24.5 Å². The summed E-state index contributed by atoms with van der Waals surface area (Å²) >= 11 is 0. The summed E-state index contributed by atoms with van der Waals surface area (Å²) in [6.07, 6.45) is 3.12. The molecule has 174 valence electrons. The number of nitrogens with one attached hydrogen (secondary N) is 1. The summed E-state index contributed by atoms with van der Waals surface area (Å²) in [7, 11) is 0. The van der Waals surface area contributed by atoms with Crippen LogP contribution in [0.25, 0.3) is 0 Å². The summed E-state index contributed by atoms with van der Waals surface area (Å²) in [6.45, 7) is 4.51. The molecular weight excluding hydrogens is 432 g/mol. The van der Waals surface area contributed by atoms with Crippen LogP contribution in [0.2, 0.25) is 0 Å². The van der Waals surface area contributed by atoms with Gasteiger partial charge in [-0.1, -0.05) is 18.2 Å². The van der Waals surface area contributed by atoms with Crippen LogP contribution in [0, 0.1) is 6.92 Å². The Hall–Kier alpha value is -4.20. The first-order valence-corrected chi connectivity index (χ1v) is 11.1. The highest BCUT2D eigenvalue weighted by Crippen LogP contribution is 2.29. The van der Waals surface area contributed by atoms with Crippen LogP contribution in [0.15, 0.2) is 73.1 Å². The van der Waals surface area contributed by atoms with E-state index < -0.39 is 18.0 Å². The minimum Gasteiger partial charge on any atom is -0.494 e. The molecule has 1 aliphatic rings. The number of anilines is 2. The summed E-state index contributed by atoms with van der Waals surface area (Å²) in [5.41, 5.74) is 2.76. The van der Waals surface area contributed by atoms with Gasteiger partial charge in [0.1, 0.15) is 11.8 Å². The first-order chi connectivity index (χ1) is 16.5. The lowest BCUT2D eigenvalue weighted by atomic mass is 10.1. The van der Waals surface area contributed by atoms with E-state index in [1.54, 1.807) is 60.9 Å². The Bertz CT molecular complexity index is 1180. The van der Waals surface area contributed by atoms with Crippen molar-refractivity contribution >= 4 is 29.2 Å². The van der Waals surface area contributed by atoms with Gasteiger partial charge in [0.2, 0.25) is 5.91 Å². The molecular formula is C26H26N4O4. The maximum Gasteiger partial charge on any atom is 0.332 e. The molecule has 0 spiro atoms. The molecule has 1 aromatic heterocycles. The zero-order valence-corrected chi connectivity index (χ0v) is 19.1. The second-order valence-corrected chi connectivity index (χ2v) is 8.01. The molecule has 1 fully saturated rings. The van der Waals surface area contributed by atoms with Crippen molar-refractivity contribution in [1.29, 1.82) is 0 Å². The number of aromatic nitrogens is 1. The number of carbonyl (C=O) groups excluding carboxylic acids is 3. The van der Waals surface area contributed by atoms with Crippen molar-refractivity contribution in [2.75, 3.05) is 16.8 Å². The third-order valence-electron chi connectivity index (χ3n) is 5.48. The van der Waals surface area contributed by atoms with Crippen molar-refractivity contribution in [3.05, 3.63) is 84.2 Å². The number of hydrogen-bond donors (Lipinski definition) is 1.